The molecule has 0 aliphatic heterocycles. The van der Waals surface area contributed by atoms with Crippen LogP contribution in [0, 0.1) is 0 Å². The van der Waals surface area contributed by atoms with E-state index in [1.54, 1.807) is 6.07 Å². The zero-order chi connectivity index (χ0) is 19.0. The lowest BCUT2D eigenvalue weighted by Crippen LogP contribution is -1.99. The molecule has 0 fully saturated rings. The fourth-order valence-electron chi connectivity index (χ4n) is 2.80. The Morgan fingerprint density at radius 2 is 1.67 bits per heavy atom. The number of H-pyrrole nitrogens is 1. The van der Waals surface area contributed by atoms with Crippen molar-refractivity contribution in [2.45, 2.75) is 0 Å². The first-order valence-corrected chi connectivity index (χ1v) is 8.64. The van der Waals surface area contributed by atoms with Crippen molar-refractivity contribution in [1.82, 2.24) is 25.4 Å². The van der Waals surface area contributed by atoms with Gasteiger partial charge >= 0.3 is 0 Å². The lowest BCUT2D eigenvalue weighted by Gasteiger charge is -2.12. The van der Waals surface area contributed by atoms with Gasteiger partial charge in [-0.1, -0.05) is 58.7 Å². The summed E-state index contributed by atoms with van der Waals surface area (Å²) >= 11 is 12.9. The number of fused-ring (bicyclic) bond motifs is 1. The number of nitrogens with zero attached hydrogens (tertiary/aromatic N) is 4. The van der Waals surface area contributed by atoms with Crippen molar-refractivity contribution < 1.29 is 9.47 Å². The van der Waals surface area contributed by atoms with Gasteiger partial charge in [0.2, 0.25) is 0 Å². The molecule has 0 aliphatic carbocycles. The first-order chi connectivity index (χ1) is 13.1. The summed E-state index contributed by atoms with van der Waals surface area (Å²) in [6, 6.07) is 11.3. The normalized spacial score (nSPS) is 11.0. The Balaban J connectivity index is 2.06. The molecule has 0 unspecified atom stereocenters. The summed E-state index contributed by atoms with van der Waals surface area (Å²) in [4.78, 5) is 8.95. The van der Waals surface area contributed by atoms with E-state index in [-0.39, 0.29) is 11.8 Å². The smallest absolute Gasteiger partial charge is 0.278 e. The maximum Gasteiger partial charge on any atom is 0.278 e. The molecule has 9 heteroatoms. The highest BCUT2D eigenvalue weighted by Gasteiger charge is 2.23. The third kappa shape index (κ3) is 2.94. The SMILES string of the molecule is COc1nc2cc(Cl)c(Cl)c(-c3nn[nH]c3-c3ccccc3)c2nc1OC. The molecule has 7 nitrogen and oxygen atoms in total. The lowest BCUT2D eigenvalue weighted by atomic mass is 10.0. The molecule has 0 saturated heterocycles. The molecule has 0 atom stereocenters. The minimum atomic E-state index is 0.231. The maximum atomic E-state index is 6.54. The van der Waals surface area contributed by atoms with Gasteiger partial charge in [-0.15, -0.1) is 5.10 Å². The van der Waals surface area contributed by atoms with Crippen molar-refractivity contribution in [2.75, 3.05) is 14.2 Å². The Bertz CT molecular complexity index is 1130. The van der Waals surface area contributed by atoms with Gasteiger partial charge in [0.15, 0.2) is 0 Å². The van der Waals surface area contributed by atoms with Crippen LogP contribution in [0.15, 0.2) is 36.4 Å². The molecule has 0 aliphatic rings. The van der Waals surface area contributed by atoms with E-state index < -0.39 is 0 Å². The van der Waals surface area contributed by atoms with Gasteiger partial charge in [-0.25, -0.2) is 9.97 Å². The van der Waals surface area contributed by atoms with E-state index in [0.717, 1.165) is 5.56 Å². The second-order valence-electron chi connectivity index (χ2n) is 5.56. The second kappa shape index (κ2) is 7.02. The molecule has 0 bridgehead atoms. The zero-order valence-corrected chi connectivity index (χ0v) is 15.8. The van der Waals surface area contributed by atoms with Gasteiger partial charge in [0, 0.05) is 5.56 Å². The molecule has 4 rings (SSSR count). The van der Waals surface area contributed by atoms with Crippen LogP contribution in [0.3, 0.4) is 0 Å². The van der Waals surface area contributed by atoms with Crippen molar-refractivity contribution in [1.29, 1.82) is 0 Å². The van der Waals surface area contributed by atoms with Crippen LogP contribution in [-0.2, 0) is 0 Å². The highest BCUT2D eigenvalue weighted by molar-refractivity contribution is 6.45. The first-order valence-electron chi connectivity index (χ1n) is 7.88. The standard InChI is InChI=1S/C18H13Cl2N5O2/c1-26-17-18(27-2)22-15-11(21-17)8-10(19)13(20)12(15)16-14(23-25-24-16)9-6-4-3-5-7-9/h3-8H,1-2H3,(H,23,24,25). The molecule has 136 valence electrons. The lowest BCUT2D eigenvalue weighted by molar-refractivity contribution is 0.334. The fraction of sp³-hybridized carbons (Fsp3) is 0.111. The van der Waals surface area contributed by atoms with Gasteiger partial charge in [0.25, 0.3) is 11.8 Å². The van der Waals surface area contributed by atoms with Crippen LogP contribution in [-0.4, -0.2) is 39.6 Å². The van der Waals surface area contributed by atoms with E-state index in [0.29, 0.717) is 38.0 Å². The summed E-state index contributed by atoms with van der Waals surface area (Å²) in [6.45, 7) is 0. The van der Waals surface area contributed by atoms with Crippen LogP contribution >= 0.6 is 23.2 Å². The number of hydrogen-bond donors (Lipinski definition) is 1. The van der Waals surface area contributed by atoms with Crippen LogP contribution in [0.5, 0.6) is 11.8 Å². The van der Waals surface area contributed by atoms with Crippen LogP contribution in [0.2, 0.25) is 10.0 Å². The average molecular weight is 402 g/mol. The molecule has 0 spiro atoms. The number of ether oxygens (including phenoxy) is 2. The number of halogens is 2. The number of hydrogen-bond acceptors (Lipinski definition) is 6. The second-order valence-corrected chi connectivity index (χ2v) is 6.34. The van der Waals surface area contributed by atoms with Crippen molar-refractivity contribution in [3.63, 3.8) is 0 Å². The number of nitrogens with one attached hydrogen (secondary N) is 1. The molecule has 0 radical (unpaired) electrons. The molecule has 27 heavy (non-hydrogen) atoms. The maximum absolute atomic E-state index is 6.54. The summed E-state index contributed by atoms with van der Waals surface area (Å²) in [7, 11) is 2.98. The molecule has 2 heterocycles. The molecule has 4 aromatic rings. The first kappa shape index (κ1) is 17.5. The Hall–Kier alpha value is -2.90. The number of aromatic amines is 1. The Morgan fingerprint density at radius 3 is 2.37 bits per heavy atom. The Morgan fingerprint density at radius 1 is 0.963 bits per heavy atom. The Kier molecular flexibility index (Phi) is 4.55. The monoisotopic (exact) mass is 401 g/mol. The number of methoxy groups -OCH3 is 2. The third-order valence-corrected chi connectivity index (χ3v) is 4.81. The van der Waals surface area contributed by atoms with Crippen LogP contribution in [0.4, 0.5) is 0 Å². The van der Waals surface area contributed by atoms with E-state index >= 15 is 0 Å². The van der Waals surface area contributed by atoms with E-state index in [1.807, 2.05) is 30.3 Å². The highest BCUT2D eigenvalue weighted by atomic mass is 35.5. The zero-order valence-electron chi connectivity index (χ0n) is 14.3. The van der Waals surface area contributed by atoms with Crippen molar-refractivity contribution in [3.05, 3.63) is 46.4 Å². The number of benzene rings is 2. The van der Waals surface area contributed by atoms with Gasteiger partial charge in [0.05, 0.1) is 41.0 Å². The van der Waals surface area contributed by atoms with E-state index in [9.17, 15) is 0 Å². The fourth-order valence-corrected chi connectivity index (χ4v) is 3.23. The van der Waals surface area contributed by atoms with Crippen molar-refractivity contribution in [2.24, 2.45) is 0 Å². The van der Waals surface area contributed by atoms with Gasteiger partial charge in [-0.3, -0.25) is 5.10 Å². The quantitative estimate of drug-likeness (QED) is 0.545. The summed E-state index contributed by atoms with van der Waals surface area (Å²) in [5, 5.41) is 11.7. The summed E-state index contributed by atoms with van der Waals surface area (Å²) in [5.74, 6) is 0.479. The molecule has 0 saturated carbocycles. The molecule has 2 aromatic heterocycles. The molecular weight excluding hydrogens is 389 g/mol. The van der Waals surface area contributed by atoms with Gasteiger partial charge in [-0.05, 0) is 6.07 Å². The van der Waals surface area contributed by atoms with Gasteiger partial charge < -0.3 is 9.47 Å². The van der Waals surface area contributed by atoms with Crippen LogP contribution < -0.4 is 9.47 Å². The van der Waals surface area contributed by atoms with E-state index in [1.165, 1.54) is 14.2 Å². The van der Waals surface area contributed by atoms with Crippen LogP contribution in [0.1, 0.15) is 0 Å². The van der Waals surface area contributed by atoms with Gasteiger partial charge in [-0.2, -0.15) is 0 Å². The molecule has 1 N–H and O–H groups in total. The summed E-state index contributed by atoms with van der Waals surface area (Å²) in [6.07, 6.45) is 0. The van der Waals surface area contributed by atoms with E-state index in [2.05, 4.69) is 25.4 Å². The average Bonchev–Trinajstić information content (AvgIpc) is 3.18. The number of rotatable bonds is 4. The summed E-state index contributed by atoms with van der Waals surface area (Å²) in [5.41, 5.74) is 3.60. The predicted octanol–water partition coefficient (Wildman–Crippen LogP) is 4.41. The number of aromatic nitrogens is 5. The van der Waals surface area contributed by atoms with Crippen LogP contribution in [0.25, 0.3) is 33.5 Å². The van der Waals surface area contributed by atoms with E-state index in [4.69, 9.17) is 32.7 Å². The molecule has 0 amide bonds. The summed E-state index contributed by atoms with van der Waals surface area (Å²) < 4.78 is 10.5. The molecular formula is C18H13Cl2N5O2. The highest BCUT2D eigenvalue weighted by Crippen LogP contribution is 2.42. The van der Waals surface area contributed by atoms with Crippen molar-refractivity contribution >= 4 is 34.2 Å². The third-order valence-electron chi connectivity index (χ3n) is 4.02. The topological polar surface area (TPSA) is 85.8 Å². The van der Waals surface area contributed by atoms with Gasteiger partial charge in [0.1, 0.15) is 11.2 Å². The Labute approximate surface area is 164 Å². The largest absolute Gasteiger partial charge is 0.477 e. The minimum Gasteiger partial charge on any atom is -0.477 e. The molecule has 2 aromatic carbocycles. The predicted molar refractivity (Wildman–Crippen MR) is 103 cm³/mol. The minimum absolute atomic E-state index is 0.231. The van der Waals surface area contributed by atoms with Crippen molar-refractivity contribution in [3.8, 4) is 34.3 Å².